The highest BCUT2D eigenvalue weighted by atomic mass is 79.9. The highest BCUT2D eigenvalue weighted by Gasteiger charge is 2.17. The van der Waals surface area contributed by atoms with Crippen LogP contribution in [0.5, 0.6) is 5.75 Å². The summed E-state index contributed by atoms with van der Waals surface area (Å²) in [6, 6.07) is 20.7. The predicted octanol–water partition coefficient (Wildman–Crippen LogP) is 5.97. The van der Waals surface area contributed by atoms with E-state index in [-0.39, 0.29) is 5.91 Å². The van der Waals surface area contributed by atoms with E-state index in [9.17, 15) is 4.79 Å². The highest BCUT2D eigenvalue weighted by molar-refractivity contribution is 9.10. The number of fused-ring (bicyclic) bond motifs is 1. The molecule has 0 aliphatic rings. The van der Waals surface area contributed by atoms with Crippen LogP contribution < -0.4 is 10.1 Å². The molecule has 6 heteroatoms. The monoisotopic (exact) mass is 450 g/mol. The van der Waals surface area contributed by atoms with E-state index in [0.29, 0.717) is 22.9 Å². The normalized spacial score (nSPS) is 12.0. The van der Waals surface area contributed by atoms with Gasteiger partial charge >= 0.3 is 0 Å². The van der Waals surface area contributed by atoms with Crippen LogP contribution in [0, 0.1) is 6.92 Å². The number of benzene rings is 3. The molecule has 1 unspecified atom stereocenters. The van der Waals surface area contributed by atoms with Crippen LogP contribution in [0.15, 0.2) is 75.6 Å². The van der Waals surface area contributed by atoms with Crippen LogP contribution in [0.25, 0.3) is 22.6 Å². The van der Waals surface area contributed by atoms with E-state index in [2.05, 4.69) is 26.2 Å². The van der Waals surface area contributed by atoms with Crippen molar-refractivity contribution < 1.29 is 13.9 Å². The average Bonchev–Trinajstić information content (AvgIpc) is 3.13. The molecule has 0 spiro atoms. The smallest absolute Gasteiger partial charge is 0.265 e. The van der Waals surface area contributed by atoms with E-state index in [1.54, 1.807) is 19.1 Å². The molecule has 146 valence electrons. The Morgan fingerprint density at radius 3 is 2.66 bits per heavy atom. The molecule has 0 bridgehead atoms. The van der Waals surface area contributed by atoms with Gasteiger partial charge in [-0.25, -0.2) is 4.98 Å². The zero-order valence-corrected chi connectivity index (χ0v) is 17.6. The lowest BCUT2D eigenvalue weighted by atomic mass is 10.1. The number of para-hydroxylation sites is 1. The molecule has 5 nitrogen and oxygen atoms in total. The van der Waals surface area contributed by atoms with E-state index in [0.717, 1.165) is 21.1 Å². The molecular formula is C23H19BrN2O3. The average molecular weight is 451 g/mol. The number of ether oxygens (including phenoxy) is 1. The summed E-state index contributed by atoms with van der Waals surface area (Å²) < 4.78 is 12.5. The zero-order chi connectivity index (χ0) is 20.4. The van der Waals surface area contributed by atoms with Crippen LogP contribution in [-0.2, 0) is 4.79 Å². The Morgan fingerprint density at radius 1 is 1.10 bits per heavy atom. The molecule has 1 amide bonds. The molecule has 1 atom stereocenters. The molecule has 0 saturated carbocycles. The first kappa shape index (κ1) is 19.2. The first-order valence-electron chi connectivity index (χ1n) is 9.20. The van der Waals surface area contributed by atoms with Gasteiger partial charge < -0.3 is 14.5 Å². The summed E-state index contributed by atoms with van der Waals surface area (Å²) in [6.45, 7) is 3.72. The molecule has 0 aliphatic carbocycles. The molecule has 1 aromatic heterocycles. The van der Waals surface area contributed by atoms with E-state index in [1.165, 1.54) is 0 Å². The van der Waals surface area contributed by atoms with Crippen molar-refractivity contribution in [2.24, 2.45) is 0 Å². The number of carbonyl (C=O) groups excluding carboxylic acids is 1. The van der Waals surface area contributed by atoms with Gasteiger partial charge in [0, 0.05) is 17.3 Å². The van der Waals surface area contributed by atoms with E-state index in [4.69, 9.17) is 9.15 Å². The third-order valence-electron chi connectivity index (χ3n) is 4.54. The van der Waals surface area contributed by atoms with Crippen LogP contribution in [0.3, 0.4) is 0 Å². The Kier molecular flexibility index (Phi) is 5.36. The van der Waals surface area contributed by atoms with Gasteiger partial charge in [0.25, 0.3) is 5.91 Å². The van der Waals surface area contributed by atoms with Gasteiger partial charge in [0.05, 0.1) is 4.47 Å². The summed E-state index contributed by atoms with van der Waals surface area (Å²) >= 11 is 3.42. The van der Waals surface area contributed by atoms with Crippen molar-refractivity contribution in [3.05, 3.63) is 76.8 Å². The van der Waals surface area contributed by atoms with Crippen molar-refractivity contribution >= 4 is 38.6 Å². The minimum Gasteiger partial charge on any atom is -0.480 e. The predicted molar refractivity (Wildman–Crippen MR) is 117 cm³/mol. The maximum Gasteiger partial charge on any atom is 0.265 e. The van der Waals surface area contributed by atoms with Gasteiger partial charge in [-0.3, -0.25) is 4.79 Å². The number of halogens is 1. The maximum absolute atomic E-state index is 12.5. The number of anilines is 1. The number of aromatic nitrogens is 1. The number of nitrogens with one attached hydrogen (secondary N) is 1. The van der Waals surface area contributed by atoms with E-state index in [1.807, 2.05) is 61.5 Å². The van der Waals surface area contributed by atoms with Crippen LogP contribution in [0.4, 0.5) is 5.69 Å². The van der Waals surface area contributed by atoms with E-state index >= 15 is 0 Å². The first-order chi connectivity index (χ1) is 14.0. The lowest BCUT2D eigenvalue weighted by molar-refractivity contribution is -0.122. The van der Waals surface area contributed by atoms with Gasteiger partial charge in [-0.1, -0.05) is 30.3 Å². The van der Waals surface area contributed by atoms with Gasteiger partial charge in [-0.2, -0.15) is 0 Å². The Labute approximate surface area is 176 Å². The summed E-state index contributed by atoms with van der Waals surface area (Å²) in [4.78, 5) is 17.1. The Balaban J connectivity index is 1.51. The number of hydrogen-bond donors (Lipinski definition) is 1. The Hall–Kier alpha value is -3.12. The van der Waals surface area contributed by atoms with Crippen molar-refractivity contribution in [2.75, 3.05) is 5.32 Å². The molecule has 1 heterocycles. The lowest BCUT2D eigenvalue weighted by Gasteiger charge is -2.15. The third-order valence-corrected chi connectivity index (χ3v) is 5.20. The van der Waals surface area contributed by atoms with Crippen molar-refractivity contribution in [1.29, 1.82) is 0 Å². The second-order valence-corrected chi connectivity index (χ2v) is 7.55. The van der Waals surface area contributed by atoms with Crippen molar-refractivity contribution in [3.63, 3.8) is 0 Å². The molecule has 0 aliphatic heterocycles. The summed E-state index contributed by atoms with van der Waals surface area (Å²) in [5.41, 5.74) is 4.01. The Morgan fingerprint density at radius 2 is 1.86 bits per heavy atom. The fourth-order valence-electron chi connectivity index (χ4n) is 2.96. The highest BCUT2D eigenvalue weighted by Crippen LogP contribution is 2.29. The minimum atomic E-state index is -0.665. The number of nitrogens with zero attached hydrogens (tertiary/aromatic N) is 1. The van der Waals surface area contributed by atoms with Crippen molar-refractivity contribution in [1.82, 2.24) is 4.98 Å². The SMILES string of the molecule is Cc1ccccc1-c1nc2ccc(NC(=O)C(C)Oc3ccccc3Br)cc2o1. The number of hydrogen-bond acceptors (Lipinski definition) is 4. The van der Waals surface area contributed by atoms with Gasteiger partial charge in [0.2, 0.25) is 5.89 Å². The number of carbonyl (C=O) groups is 1. The summed E-state index contributed by atoms with van der Waals surface area (Å²) in [5, 5.41) is 2.87. The summed E-state index contributed by atoms with van der Waals surface area (Å²) in [5.74, 6) is 0.926. The maximum atomic E-state index is 12.5. The molecular weight excluding hydrogens is 432 g/mol. The molecule has 29 heavy (non-hydrogen) atoms. The molecule has 0 radical (unpaired) electrons. The zero-order valence-electron chi connectivity index (χ0n) is 16.0. The number of rotatable bonds is 5. The van der Waals surface area contributed by atoms with Crippen molar-refractivity contribution in [2.45, 2.75) is 20.0 Å². The van der Waals surface area contributed by atoms with Crippen molar-refractivity contribution in [3.8, 4) is 17.2 Å². The van der Waals surface area contributed by atoms with Gasteiger partial charge in [0.15, 0.2) is 11.7 Å². The second-order valence-electron chi connectivity index (χ2n) is 6.70. The number of aryl methyl sites for hydroxylation is 1. The molecule has 4 aromatic rings. The van der Waals surface area contributed by atoms with Crippen LogP contribution in [0.2, 0.25) is 0 Å². The van der Waals surface area contributed by atoms with E-state index < -0.39 is 6.10 Å². The second kappa shape index (κ2) is 8.09. The van der Waals surface area contributed by atoms with Gasteiger partial charge in [0.1, 0.15) is 11.3 Å². The van der Waals surface area contributed by atoms with Gasteiger partial charge in [-0.15, -0.1) is 0 Å². The molecule has 0 saturated heterocycles. The van der Waals surface area contributed by atoms with Gasteiger partial charge in [-0.05, 0) is 65.7 Å². The largest absolute Gasteiger partial charge is 0.480 e. The third kappa shape index (κ3) is 4.17. The fourth-order valence-corrected chi connectivity index (χ4v) is 3.34. The van der Waals surface area contributed by atoms with Crippen LogP contribution in [-0.4, -0.2) is 17.0 Å². The number of oxazole rings is 1. The standard InChI is InChI=1S/C23H19BrN2O3/c1-14-7-3-4-8-17(14)23-26-19-12-11-16(13-21(19)29-23)25-22(27)15(2)28-20-10-6-5-9-18(20)24/h3-13,15H,1-2H3,(H,25,27). The lowest BCUT2D eigenvalue weighted by Crippen LogP contribution is -2.30. The topological polar surface area (TPSA) is 64.4 Å². The number of amides is 1. The quantitative estimate of drug-likeness (QED) is 0.406. The van der Waals surface area contributed by atoms with Crippen LogP contribution >= 0.6 is 15.9 Å². The first-order valence-corrected chi connectivity index (χ1v) is 9.99. The summed E-state index contributed by atoms with van der Waals surface area (Å²) in [7, 11) is 0. The molecule has 1 N–H and O–H groups in total. The van der Waals surface area contributed by atoms with Crippen LogP contribution in [0.1, 0.15) is 12.5 Å². The molecule has 0 fully saturated rings. The Bertz CT molecular complexity index is 1190. The minimum absolute atomic E-state index is 0.251. The summed E-state index contributed by atoms with van der Waals surface area (Å²) in [6.07, 6.45) is -0.665. The molecule has 3 aromatic carbocycles. The fraction of sp³-hybridized carbons (Fsp3) is 0.130. The molecule has 4 rings (SSSR count).